The molecular formula is C20H22F2N2O5S. The molecule has 2 N–H and O–H groups in total. The van der Waals surface area contributed by atoms with Gasteiger partial charge in [-0.15, -0.1) is 0 Å². The summed E-state index contributed by atoms with van der Waals surface area (Å²) < 4.78 is 59.9. The van der Waals surface area contributed by atoms with Gasteiger partial charge in [0.05, 0.1) is 12.0 Å². The molecule has 1 amide bonds. The zero-order chi connectivity index (χ0) is 22.1. The topological polar surface area (TPSA) is 93.7 Å². The lowest BCUT2D eigenvalue weighted by Crippen LogP contribution is -2.23. The Kier molecular flexibility index (Phi) is 8.31. The van der Waals surface area contributed by atoms with Crippen LogP contribution in [0.1, 0.15) is 11.1 Å². The number of rotatable bonds is 10. The summed E-state index contributed by atoms with van der Waals surface area (Å²) in [6.45, 7) is -2.69. The second-order valence-corrected chi connectivity index (χ2v) is 7.90. The van der Waals surface area contributed by atoms with E-state index in [4.69, 9.17) is 4.74 Å². The van der Waals surface area contributed by atoms with Crippen LogP contribution in [0.15, 0.2) is 53.4 Å². The summed E-state index contributed by atoms with van der Waals surface area (Å²) in [7, 11) is -0.831. The Bertz CT molecular complexity index is 993. The third-order valence-corrected chi connectivity index (χ3v) is 5.47. The molecule has 0 fully saturated rings. The van der Waals surface area contributed by atoms with Crippen molar-refractivity contribution in [1.82, 2.24) is 10.0 Å². The van der Waals surface area contributed by atoms with E-state index >= 15 is 0 Å². The van der Waals surface area contributed by atoms with E-state index in [-0.39, 0.29) is 28.8 Å². The van der Waals surface area contributed by atoms with E-state index in [0.717, 1.165) is 0 Å². The second-order valence-electron chi connectivity index (χ2n) is 6.01. The monoisotopic (exact) mass is 440 g/mol. The van der Waals surface area contributed by atoms with Crippen molar-refractivity contribution in [2.45, 2.75) is 17.9 Å². The number of methoxy groups -OCH3 is 1. The molecule has 0 heterocycles. The number of benzene rings is 2. The lowest BCUT2D eigenvalue weighted by Gasteiger charge is -2.11. The number of alkyl halides is 2. The van der Waals surface area contributed by atoms with Gasteiger partial charge in [0.1, 0.15) is 0 Å². The Labute approximate surface area is 173 Å². The fourth-order valence-corrected chi connectivity index (χ4v) is 3.23. The molecule has 0 saturated carbocycles. The molecule has 0 atom stereocenters. The first-order chi connectivity index (χ1) is 14.2. The molecule has 0 saturated heterocycles. The SMILES string of the molecule is CNS(=O)(=O)c1ccc(/C=C/C(=O)NCCc2ccc(OC)c(OC(F)F)c2)cc1. The lowest BCUT2D eigenvalue weighted by atomic mass is 10.1. The molecule has 2 aromatic rings. The van der Waals surface area contributed by atoms with E-state index in [1.165, 1.54) is 44.5 Å². The summed E-state index contributed by atoms with van der Waals surface area (Å²) in [5.74, 6) is -0.223. The number of amides is 1. The highest BCUT2D eigenvalue weighted by molar-refractivity contribution is 7.89. The first-order valence-corrected chi connectivity index (χ1v) is 10.3. The maximum Gasteiger partial charge on any atom is 0.387 e. The standard InChI is InChI=1S/C20H22F2N2O5S/c1-23-30(26,27)16-7-3-14(4-8-16)6-10-19(25)24-12-11-15-5-9-17(28-2)18(13-15)29-20(21)22/h3-10,13,20,23H,11-12H2,1-2H3,(H,24,25)/b10-6+. The van der Waals surface area contributed by atoms with Gasteiger partial charge in [0.2, 0.25) is 15.9 Å². The molecule has 0 unspecified atom stereocenters. The number of hydrogen-bond acceptors (Lipinski definition) is 5. The van der Waals surface area contributed by atoms with Crippen LogP contribution in [0, 0.1) is 0 Å². The van der Waals surface area contributed by atoms with Crippen molar-refractivity contribution in [2.24, 2.45) is 0 Å². The first-order valence-electron chi connectivity index (χ1n) is 8.86. The molecule has 0 aliphatic rings. The molecule has 162 valence electrons. The molecule has 0 aliphatic carbocycles. The van der Waals surface area contributed by atoms with Crippen LogP contribution in [-0.4, -0.2) is 41.6 Å². The molecule has 0 spiro atoms. The van der Waals surface area contributed by atoms with Crippen LogP contribution in [0.3, 0.4) is 0 Å². The summed E-state index contributed by atoms with van der Waals surface area (Å²) in [6, 6.07) is 10.7. The van der Waals surface area contributed by atoms with E-state index in [1.54, 1.807) is 24.3 Å². The number of carbonyl (C=O) groups is 1. The Hall–Kier alpha value is -2.98. The van der Waals surface area contributed by atoms with E-state index in [1.807, 2.05) is 0 Å². The summed E-state index contributed by atoms with van der Waals surface area (Å²) in [5.41, 5.74) is 1.35. The van der Waals surface area contributed by atoms with Crippen LogP contribution in [0.25, 0.3) is 6.08 Å². The highest BCUT2D eigenvalue weighted by Crippen LogP contribution is 2.29. The largest absolute Gasteiger partial charge is 0.493 e. The van der Waals surface area contributed by atoms with Gasteiger partial charge in [0, 0.05) is 12.6 Å². The molecular weight excluding hydrogens is 418 g/mol. The predicted octanol–water partition coefficient (Wildman–Crippen LogP) is 2.58. The van der Waals surface area contributed by atoms with Crippen molar-refractivity contribution in [3.05, 3.63) is 59.7 Å². The lowest BCUT2D eigenvalue weighted by molar-refractivity contribution is -0.116. The maximum atomic E-state index is 12.5. The Balaban J connectivity index is 1.89. The van der Waals surface area contributed by atoms with Crippen molar-refractivity contribution in [3.63, 3.8) is 0 Å². The highest BCUT2D eigenvalue weighted by Gasteiger charge is 2.12. The number of carbonyl (C=O) groups excluding carboxylic acids is 1. The van der Waals surface area contributed by atoms with Crippen LogP contribution in [0.2, 0.25) is 0 Å². The molecule has 7 nitrogen and oxygen atoms in total. The van der Waals surface area contributed by atoms with E-state index < -0.39 is 16.6 Å². The van der Waals surface area contributed by atoms with Crippen molar-refractivity contribution in [2.75, 3.05) is 20.7 Å². The van der Waals surface area contributed by atoms with Gasteiger partial charge in [0.15, 0.2) is 11.5 Å². The van der Waals surface area contributed by atoms with Gasteiger partial charge in [0.25, 0.3) is 0 Å². The number of ether oxygens (including phenoxy) is 2. The quantitative estimate of drug-likeness (QED) is 0.554. The molecule has 2 rings (SSSR count). The van der Waals surface area contributed by atoms with Crippen LogP contribution >= 0.6 is 0 Å². The van der Waals surface area contributed by atoms with Gasteiger partial charge >= 0.3 is 6.61 Å². The molecule has 0 aromatic heterocycles. The third-order valence-electron chi connectivity index (χ3n) is 4.04. The minimum absolute atomic E-state index is 0.0695. The minimum atomic E-state index is -3.51. The molecule has 30 heavy (non-hydrogen) atoms. The van der Waals surface area contributed by atoms with Crippen LogP contribution in [-0.2, 0) is 21.2 Å². The summed E-state index contributed by atoms with van der Waals surface area (Å²) in [4.78, 5) is 12.1. The van der Waals surface area contributed by atoms with Gasteiger partial charge < -0.3 is 14.8 Å². The number of nitrogens with one attached hydrogen (secondary N) is 2. The zero-order valence-electron chi connectivity index (χ0n) is 16.4. The van der Waals surface area contributed by atoms with Crippen molar-refractivity contribution < 1.29 is 31.5 Å². The van der Waals surface area contributed by atoms with Crippen LogP contribution in [0.4, 0.5) is 8.78 Å². The highest BCUT2D eigenvalue weighted by atomic mass is 32.2. The number of halogens is 2. The number of sulfonamides is 1. The van der Waals surface area contributed by atoms with E-state index in [2.05, 4.69) is 14.8 Å². The Morgan fingerprint density at radius 2 is 1.83 bits per heavy atom. The van der Waals surface area contributed by atoms with Crippen molar-refractivity contribution in [1.29, 1.82) is 0 Å². The smallest absolute Gasteiger partial charge is 0.387 e. The minimum Gasteiger partial charge on any atom is -0.493 e. The van der Waals surface area contributed by atoms with E-state index in [0.29, 0.717) is 17.5 Å². The number of hydrogen-bond donors (Lipinski definition) is 2. The molecule has 2 aromatic carbocycles. The average Bonchev–Trinajstić information content (AvgIpc) is 2.72. The third kappa shape index (κ3) is 6.82. The van der Waals surface area contributed by atoms with Crippen LogP contribution in [0.5, 0.6) is 11.5 Å². The van der Waals surface area contributed by atoms with Gasteiger partial charge in [-0.05, 0) is 54.9 Å². The summed E-state index contributed by atoms with van der Waals surface area (Å²) in [5, 5.41) is 2.68. The zero-order valence-corrected chi connectivity index (χ0v) is 17.2. The van der Waals surface area contributed by atoms with Gasteiger partial charge in [-0.3, -0.25) is 4.79 Å². The average molecular weight is 440 g/mol. The van der Waals surface area contributed by atoms with Crippen LogP contribution < -0.4 is 19.5 Å². The molecule has 0 radical (unpaired) electrons. The van der Waals surface area contributed by atoms with Crippen molar-refractivity contribution >= 4 is 22.0 Å². The van der Waals surface area contributed by atoms with E-state index in [9.17, 15) is 22.0 Å². The summed E-state index contributed by atoms with van der Waals surface area (Å²) >= 11 is 0. The van der Waals surface area contributed by atoms with Gasteiger partial charge in [-0.25, -0.2) is 13.1 Å². The molecule has 10 heteroatoms. The molecule has 0 aliphatic heterocycles. The second kappa shape index (κ2) is 10.7. The maximum absolute atomic E-state index is 12.5. The van der Waals surface area contributed by atoms with Gasteiger partial charge in [-0.2, -0.15) is 8.78 Å². The molecule has 0 bridgehead atoms. The fourth-order valence-electron chi connectivity index (χ4n) is 2.50. The Morgan fingerprint density at radius 1 is 1.13 bits per heavy atom. The summed E-state index contributed by atoms with van der Waals surface area (Å²) in [6.07, 6.45) is 3.27. The normalized spacial score (nSPS) is 11.6. The fraction of sp³-hybridized carbons (Fsp3) is 0.250. The van der Waals surface area contributed by atoms with Crippen molar-refractivity contribution in [3.8, 4) is 11.5 Å². The van der Waals surface area contributed by atoms with Gasteiger partial charge in [-0.1, -0.05) is 18.2 Å². The predicted molar refractivity (Wildman–Crippen MR) is 108 cm³/mol. The Morgan fingerprint density at radius 3 is 2.43 bits per heavy atom. The first kappa shape index (κ1) is 23.3.